The van der Waals surface area contributed by atoms with Crippen LogP contribution in [0.15, 0.2) is 30.3 Å². The van der Waals surface area contributed by atoms with Crippen molar-refractivity contribution in [3.05, 3.63) is 35.9 Å². The molecule has 0 radical (unpaired) electrons. The summed E-state index contributed by atoms with van der Waals surface area (Å²) in [7, 11) is 0. The molecule has 1 aromatic carbocycles. The lowest BCUT2D eigenvalue weighted by molar-refractivity contribution is -0.440. The molecule has 0 aliphatic carbocycles. The van der Waals surface area contributed by atoms with Gasteiger partial charge in [-0.2, -0.15) is 57.1 Å². The molecule has 0 aromatic heterocycles. The van der Waals surface area contributed by atoms with E-state index in [0.717, 1.165) is 6.92 Å². The van der Waals surface area contributed by atoms with E-state index in [9.17, 15) is 76.9 Å². The molecule has 1 atom stereocenters. The molecule has 0 unspecified atom stereocenters. The van der Waals surface area contributed by atoms with Crippen molar-refractivity contribution in [1.82, 2.24) is 5.32 Å². The number of aliphatic hydroxyl groups is 2. The van der Waals surface area contributed by atoms with Crippen LogP contribution in [0, 0.1) is 5.41 Å². The number of hydrogen-bond acceptors (Lipinski definition) is 5. The van der Waals surface area contributed by atoms with Gasteiger partial charge in [-0.1, -0.05) is 30.3 Å². The van der Waals surface area contributed by atoms with Crippen molar-refractivity contribution in [2.45, 2.75) is 61.6 Å². The fourth-order valence-electron chi connectivity index (χ4n) is 2.91. The zero-order valence-electron chi connectivity index (χ0n) is 20.5. The van der Waals surface area contributed by atoms with E-state index in [4.69, 9.17) is 0 Å². The molecule has 1 rings (SSSR count). The standard InChI is InChI=1S/C22H22F13NO5/c1-16(10-37,11-38)15(40)36-13(9-12-5-3-2-4-6-12)14(39)41-8-7-17(23,24)18(25,26)19(27,28)20(29,30)21(31,32)22(33,34)35/h2-6,13,37-38H,7-11H2,1H3,(H,36,40)/t13-/m0/s1. The summed E-state index contributed by atoms with van der Waals surface area (Å²) in [5, 5.41) is 20.6. The summed E-state index contributed by atoms with van der Waals surface area (Å²) in [6, 6.07) is 5.26. The largest absolute Gasteiger partial charge is 0.464 e. The molecule has 0 aliphatic heterocycles. The number of amides is 1. The number of esters is 1. The van der Waals surface area contributed by atoms with Gasteiger partial charge in [-0.3, -0.25) is 4.79 Å². The maximum atomic E-state index is 14.0. The highest BCUT2D eigenvalue weighted by Crippen LogP contribution is 2.60. The maximum absolute atomic E-state index is 14.0. The van der Waals surface area contributed by atoms with Crippen molar-refractivity contribution in [2.75, 3.05) is 19.8 Å². The molecular formula is C22H22F13NO5. The van der Waals surface area contributed by atoms with E-state index >= 15 is 0 Å². The Morgan fingerprint density at radius 1 is 0.780 bits per heavy atom. The van der Waals surface area contributed by atoms with Crippen LogP contribution in [-0.2, 0) is 20.7 Å². The summed E-state index contributed by atoms with van der Waals surface area (Å²) >= 11 is 0. The van der Waals surface area contributed by atoms with E-state index in [2.05, 4.69) is 4.74 Å². The Morgan fingerprint density at radius 2 is 1.24 bits per heavy atom. The number of halogens is 13. The summed E-state index contributed by atoms with van der Waals surface area (Å²) in [5.74, 6) is -40.8. The fourth-order valence-corrected chi connectivity index (χ4v) is 2.91. The molecule has 6 nitrogen and oxygen atoms in total. The molecule has 0 saturated carbocycles. The second-order valence-corrected chi connectivity index (χ2v) is 9.01. The van der Waals surface area contributed by atoms with Crippen LogP contribution < -0.4 is 5.32 Å². The lowest BCUT2D eigenvalue weighted by Gasteiger charge is -2.39. The van der Waals surface area contributed by atoms with E-state index in [1.165, 1.54) is 30.3 Å². The van der Waals surface area contributed by atoms with Crippen LogP contribution in [0.25, 0.3) is 0 Å². The van der Waals surface area contributed by atoms with Gasteiger partial charge in [0.25, 0.3) is 0 Å². The van der Waals surface area contributed by atoms with E-state index in [-0.39, 0.29) is 5.56 Å². The van der Waals surface area contributed by atoms with Gasteiger partial charge in [0.1, 0.15) is 6.04 Å². The second-order valence-electron chi connectivity index (χ2n) is 9.01. The molecule has 0 spiro atoms. The summed E-state index contributed by atoms with van der Waals surface area (Å²) in [6.07, 6.45) is -10.8. The van der Waals surface area contributed by atoms with Crippen molar-refractivity contribution in [3.63, 3.8) is 0 Å². The van der Waals surface area contributed by atoms with Crippen molar-refractivity contribution in [3.8, 4) is 0 Å². The molecule has 0 fully saturated rings. The van der Waals surface area contributed by atoms with Crippen molar-refractivity contribution >= 4 is 11.9 Å². The highest BCUT2D eigenvalue weighted by atomic mass is 19.4. The van der Waals surface area contributed by atoms with Gasteiger partial charge in [0, 0.05) is 6.42 Å². The number of rotatable bonds is 14. The van der Waals surface area contributed by atoms with Gasteiger partial charge >= 0.3 is 41.8 Å². The number of aliphatic hydroxyl groups excluding tert-OH is 2. The number of benzene rings is 1. The van der Waals surface area contributed by atoms with Gasteiger partial charge in [0.2, 0.25) is 5.91 Å². The van der Waals surface area contributed by atoms with Crippen LogP contribution in [0.4, 0.5) is 57.1 Å². The molecule has 0 saturated heterocycles. The minimum absolute atomic E-state index is 0.258. The lowest BCUT2D eigenvalue weighted by Crippen LogP contribution is -2.70. The third-order valence-electron chi connectivity index (χ3n) is 5.78. The number of ether oxygens (including phenoxy) is 1. The summed E-state index contributed by atoms with van der Waals surface area (Å²) in [4.78, 5) is 24.8. The number of carbonyl (C=O) groups excluding carboxylic acids is 2. The lowest BCUT2D eigenvalue weighted by atomic mass is 9.91. The van der Waals surface area contributed by atoms with Gasteiger partial charge in [-0.15, -0.1) is 0 Å². The van der Waals surface area contributed by atoms with Crippen LogP contribution in [-0.4, -0.2) is 83.7 Å². The number of carbonyl (C=O) groups is 2. The van der Waals surface area contributed by atoms with E-state index < -0.39 is 91.8 Å². The quantitative estimate of drug-likeness (QED) is 0.210. The predicted octanol–water partition coefficient (Wildman–Crippen LogP) is 4.38. The van der Waals surface area contributed by atoms with Gasteiger partial charge < -0.3 is 20.3 Å². The maximum Gasteiger partial charge on any atom is 0.460 e. The third-order valence-corrected chi connectivity index (χ3v) is 5.78. The van der Waals surface area contributed by atoms with Crippen LogP contribution >= 0.6 is 0 Å². The Balaban J connectivity index is 3.16. The van der Waals surface area contributed by atoms with Gasteiger partial charge in [-0.25, -0.2) is 4.79 Å². The topological polar surface area (TPSA) is 95.9 Å². The minimum Gasteiger partial charge on any atom is -0.464 e. The Bertz CT molecular complexity index is 1040. The van der Waals surface area contributed by atoms with Crippen LogP contribution in [0.1, 0.15) is 18.9 Å². The zero-order valence-corrected chi connectivity index (χ0v) is 20.5. The number of hydrogen-bond donors (Lipinski definition) is 3. The van der Waals surface area contributed by atoms with Crippen LogP contribution in [0.2, 0.25) is 0 Å². The number of nitrogens with one attached hydrogen (secondary N) is 1. The average molecular weight is 627 g/mol. The van der Waals surface area contributed by atoms with Crippen LogP contribution in [0.5, 0.6) is 0 Å². The Morgan fingerprint density at radius 3 is 1.68 bits per heavy atom. The summed E-state index contributed by atoms with van der Waals surface area (Å²) < 4.78 is 176. The minimum atomic E-state index is -8.06. The predicted molar refractivity (Wildman–Crippen MR) is 111 cm³/mol. The van der Waals surface area contributed by atoms with E-state index in [1.54, 1.807) is 0 Å². The molecular weight excluding hydrogens is 605 g/mol. The summed E-state index contributed by atoms with van der Waals surface area (Å²) in [6.45, 7) is -2.93. The third kappa shape index (κ3) is 6.98. The van der Waals surface area contributed by atoms with E-state index in [0.29, 0.717) is 0 Å². The molecule has 0 heterocycles. The smallest absolute Gasteiger partial charge is 0.460 e. The highest BCUT2D eigenvalue weighted by molar-refractivity contribution is 5.88. The molecule has 1 amide bonds. The normalized spacial score (nSPS) is 14.9. The molecule has 3 N–H and O–H groups in total. The fraction of sp³-hybridized carbons (Fsp3) is 0.636. The molecule has 41 heavy (non-hydrogen) atoms. The van der Waals surface area contributed by atoms with E-state index in [1.807, 2.05) is 5.32 Å². The number of alkyl halides is 13. The molecule has 236 valence electrons. The van der Waals surface area contributed by atoms with Gasteiger partial charge in [0.15, 0.2) is 0 Å². The SMILES string of the molecule is CC(CO)(CO)C(=O)N[C@@H](Cc1ccccc1)C(=O)OCCC(F)(F)C(F)(F)C(F)(F)C(F)(F)C(F)(F)C(F)(F)F. The Kier molecular flexibility index (Phi) is 10.8. The van der Waals surface area contributed by atoms with Crippen molar-refractivity contribution in [1.29, 1.82) is 0 Å². The van der Waals surface area contributed by atoms with Crippen molar-refractivity contribution in [2.24, 2.45) is 5.41 Å². The van der Waals surface area contributed by atoms with Gasteiger partial charge in [0.05, 0.1) is 31.7 Å². The molecule has 1 aromatic rings. The zero-order chi connectivity index (χ0) is 32.3. The van der Waals surface area contributed by atoms with Crippen LogP contribution in [0.3, 0.4) is 0 Å². The average Bonchev–Trinajstić information content (AvgIpc) is 2.86. The molecule has 0 aliphatic rings. The monoisotopic (exact) mass is 627 g/mol. The van der Waals surface area contributed by atoms with Gasteiger partial charge in [-0.05, 0) is 12.5 Å². The first-order valence-electron chi connectivity index (χ1n) is 11.1. The Labute approximate surface area is 222 Å². The first kappa shape index (κ1) is 36.2. The first-order chi connectivity index (χ1) is 18.4. The van der Waals surface area contributed by atoms with Crippen molar-refractivity contribution < 1.29 is 81.6 Å². The molecule has 0 bridgehead atoms. The molecule has 19 heteroatoms. The Hall–Kier alpha value is -2.83. The summed E-state index contributed by atoms with van der Waals surface area (Å²) in [5.41, 5.74) is -1.66. The second kappa shape index (κ2) is 12.2. The first-order valence-corrected chi connectivity index (χ1v) is 11.1. The highest BCUT2D eigenvalue weighted by Gasteiger charge is 2.90.